The molecule has 0 spiro atoms. The highest BCUT2D eigenvalue weighted by molar-refractivity contribution is 7.17. The zero-order valence-electron chi connectivity index (χ0n) is 7.78. The van der Waals surface area contributed by atoms with E-state index in [0.29, 0.717) is 20.2 Å². The van der Waals surface area contributed by atoms with Crippen molar-refractivity contribution in [1.82, 2.24) is 9.97 Å². The number of thiazole rings is 1. The van der Waals surface area contributed by atoms with Crippen LogP contribution in [0.25, 0.3) is 0 Å². The van der Waals surface area contributed by atoms with E-state index in [1.807, 2.05) is 0 Å². The smallest absolute Gasteiger partial charge is 0.284 e. The number of anilines is 1. The summed E-state index contributed by atoms with van der Waals surface area (Å²) in [6.45, 7) is 0. The van der Waals surface area contributed by atoms with Gasteiger partial charge >= 0.3 is 0 Å². The largest absolute Gasteiger partial charge is 0.319 e. The Morgan fingerprint density at radius 1 is 1.25 bits per heavy atom. The first kappa shape index (κ1) is 11.3. The number of halogens is 2. The van der Waals surface area contributed by atoms with Crippen molar-refractivity contribution in [3.8, 4) is 0 Å². The molecule has 0 aliphatic heterocycles. The summed E-state index contributed by atoms with van der Waals surface area (Å²) < 4.78 is 0.472. The number of carbonyl (C=O) groups is 1. The highest BCUT2D eigenvalue weighted by Crippen LogP contribution is 2.19. The van der Waals surface area contributed by atoms with Gasteiger partial charge < -0.3 is 5.32 Å². The fourth-order valence-electron chi connectivity index (χ4n) is 0.994. The summed E-state index contributed by atoms with van der Waals surface area (Å²) >= 11 is 12.4. The van der Waals surface area contributed by atoms with Crippen molar-refractivity contribution in [2.24, 2.45) is 0 Å². The number of nitrogens with zero attached hydrogens (tertiary/aromatic N) is 2. The van der Waals surface area contributed by atoms with E-state index in [1.54, 1.807) is 12.1 Å². The van der Waals surface area contributed by atoms with Crippen molar-refractivity contribution in [1.29, 1.82) is 0 Å². The van der Waals surface area contributed by atoms with Crippen LogP contribution in [0.4, 0.5) is 5.69 Å². The van der Waals surface area contributed by atoms with Crippen LogP contribution in [-0.4, -0.2) is 15.9 Å². The first-order chi connectivity index (χ1) is 7.65. The number of carbonyl (C=O) groups excluding carboxylic acids is 1. The first-order valence-corrected chi connectivity index (χ1v) is 5.76. The number of rotatable bonds is 2. The summed E-state index contributed by atoms with van der Waals surface area (Å²) in [6, 6.07) is 3.24. The summed E-state index contributed by atoms with van der Waals surface area (Å²) in [5.41, 5.74) is 0.556. The third kappa shape index (κ3) is 2.69. The Kier molecular flexibility index (Phi) is 3.38. The molecule has 82 valence electrons. The number of aromatic nitrogens is 2. The molecule has 2 aromatic heterocycles. The van der Waals surface area contributed by atoms with Crippen molar-refractivity contribution in [2.75, 3.05) is 5.32 Å². The van der Waals surface area contributed by atoms with E-state index in [1.165, 1.54) is 12.4 Å². The second-order valence-electron chi connectivity index (χ2n) is 2.79. The predicted molar refractivity (Wildman–Crippen MR) is 64.3 cm³/mol. The third-order valence-corrected chi connectivity index (χ3v) is 2.99. The molecule has 0 saturated carbocycles. The number of hydrogen-bond donors (Lipinski definition) is 1. The summed E-state index contributed by atoms with van der Waals surface area (Å²) in [5, 5.41) is 3.30. The summed E-state index contributed by atoms with van der Waals surface area (Å²) in [7, 11) is 0. The normalized spacial score (nSPS) is 10.1. The molecule has 0 aromatic carbocycles. The van der Waals surface area contributed by atoms with Crippen LogP contribution in [0.5, 0.6) is 0 Å². The van der Waals surface area contributed by atoms with Gasteiger partial charge in [-0.15, -0.1) is 0 Å². The van der Waals surface area contributed by atoms with Crippen molar-refractivity contribution in [2.45, 2.75) is 0 Å². The maximum Gasteiger partial charge on any atom is 0.284 e. The summed E-state index contributed by atoms with van der Waals surface area (Å²) in [4.78, 5) is 19.3. The highest BCUT2D eigenvalue weighted by Gasteiger charge is 2.10. The van der Waals surface area contributed by atoms with Gasteiger partial charge in [-0.25, -0.2) is 9.97 Å². The van der Waals surface area contributed by atoms with Crippen LogP contribution in [0.2, 0.25) is 9.49 Å². The Bertz CT molecular complexity index is 512. The molecule has 0 aliphatic carbocycles. The van der Waals surface area contributed by atoms with Crippen LogP contribution in [0.15, 0.2) is 24.5 Å². The SMILES string of the molecule is O=C(Nc1ccc(Cl)nc1)c1ncc(Cl)s1. The molecule has 7 heteroatoms. The maximum absolute atomic E-state index is 11.6. The monoisotopic (exact) mass is 273 g/mol. The molecule has 0 saturated heterocycles. The molecule has 0 aliphatic rings. The van der Waals surface area contributed by atoms with Gasteiger partial charge in [0, 0.05) is 0 Å². The molecule has 0 unspecified atom stereocenters. The van der Waals surface area contributed by atoms with Gasteiger partial charge in [-0.05, 0) is 12.1 Å². The van der Waals surface area contributed by atoms with Crippen LogP contribution in [0.1, 0.15) is 9.80 Å². The molecule has 4 nitrogen and oxygen atoms in total. The second-order valence-corrected chi connectivity index (χ2v) is 4.84. The van der Waals surface area contributed by atoms with Gasteiger partial charge in [0.2, 0.25) is 0 Å². The second kappa shape index (κ2) is 4.78. The molecule has 0 bridgehead atoms. The fraction of sp³-hybridized carbons (Fsp3) is 0. The van der Waals surface area contributed by atoms with E-state index in [-0.39, 0.29) is 5.91 Å². The molecule has 1 N–H and O–H groups in total. The molecule has 1 amide bonds. The molecule has 2 aromatic rings. The Labute approximate surface area is 105 Å². The average molecular weight is 274 g/mol. The minimum atomic E-state index is -0.318. The van der Waals surface area contributed by atoms with Gasteiger partial charge in [-0.1, -0.05) is 34.5 Å². The van der Waals surface area contributed by atoms with Gasteiger partial charge in [0.05, 0.1) is 18.1 Å². The Balaban J connectivity index is 2.10. The molecular weight excluding hydrogens is 269 g/mol. The van der Waals surface area contributed by atoms with Crippen molar-refractivity contribution in [3.05, 3.63) is 39.0 Å². The van der Waals surface area contributed by atoms with Crippen molar-refractivity contribution >= 4 is 46.1 Å². The number of pyridine rings is 1. The molecule has 0 radical (unpaired) electrons. The quantitative estimate of drug-likeness (QED) is 0.856. The maximum atomic E-state index is 11.6. The standard InChI is InChI=1S/C9H5Cl2N3OS/c10-6-2-1-5(3-12-6)14-8(15)9-13-4-7(11)16-9/h1-4H,(H,14,15). The predicted octanol–water partition coefficient (Wildman–Crippen LogP) is 3.10. The minimum absolute atomic E-state index is 0.306. The minimum Gasteiger partial charge on any atom is -0.319 e. The Morgan fingerprint density at radius 2 is 2.06 bits per heavy atom. The lowest BCUT2D eigenvalue weighted by atomic mass is 10.4. The van der Waals surface area contributed by atoms with E-state index >= 15 is 0 Å². The molecule has 0 atom stereocenters. The molecular formula is C9H5Cl2N3OS. The van der Waals surface area contributed by atoms with E-state index < -0.39 is 0 Å². The van der Waals surface area contributed by atoms with E-state index in [2.05, 4.69) is 15.3 Å². The van der Waals surface area contributed by atoms with E-state index in [4.69, 9.17) is 23.2 Å². The lowest BCUT2D eigenvalue weighted by molar-refractivity contribution is 0.102. The van der Waals surface area contributed by atoms with Crippen LogP contribution in [0.3, 0.4) is 0 Å². The van der Waals surface area contributed by atoms with Crippen molar-refractivity contribution < 1.29 is 4.79 Å². The Hall–Kier alpha value is -1.17. The number of amides is 1. The zero-order chi connectivity index (χ0) is 11.5. The zero-order valence-corrected chi connectivity index (χ0v) is 10.1. The lowest BCUT2D eigenvalue weighted by Crippen LogP contribution is -2.11. The molecule has 2 rings (SSSR count). The topological polar surface area (TPSA) is 54.9 Å². The fourth-order valence-corrected chi connectivity index (χ4v) is 1.91. The van der Waals surface area contributed by atoms with Crippen molar-refractivity contribution in [3.63, 3.8) is 0 Å². The third-order valence-electron chi connectivity index (χ3n) is 1.66. The Morgan fingerprint density at radius 3 is 2.62 bits per heavy atom. The van der Waals surface area contributed by atoms with Crippen LogP contribution >= 0.6 is 34.5 Å². The van der Waals surface area contributed by atoms with Gasteiger partial charge in [-0.2, -0.15) is 0 Å². The number of nitrogens with one attached hydrogen (secondary N) is 1. The van der Waals surface area contributed by atoms with Gasteiger partial charge in [0.25, 0.3) is 5.91 Å². The van der Waals surface area contributed by atoms with Gasteiger partial charge in [0.1, 0.15) is 9.49 Å². The van der Waals surface area contributed by atoms with Crippen LogP contribution in [0, 0.1) is 0 Å². The average Bonchev–Trinajstić information content (AvgIpc) is 2.68. The highest BCUT2D eigenvalue weighted by atomic mass is 35.5. The lowest BCUT2D eigenvalue weighted by Gasteiger charge is -2.01. The molecule has 0 fully saturated rings. The van der Waals surface area contributed by atoms with E-state index in [0.717, 1.165) is 11.3 Å². The van der Waals surface area contributed by atoms with Crippen LogP contribution in [-0.2, 0) is 0 Å². The van der Waals surface area contributed by atoms with Gasteiger partial charge in [-0.3, -0.25) is 4.79 Å². The molecule has 2 heterocycles. The number of hydrogen-bond acceptors (Lipinski definition) is 4. The van der Waals surface area contributed by atoms with Gasteiger partial charge in [0.15, 0.2) is 5.01 Å². The summed E-state index contributed by atoms with van der Waals surface area (Å²) in [5.74, 6) is -0.318. The van der Waals surface area contributed by atoms with E-state index in [9.17, 15) is 4.79 Å². The molecule has 16 heavy (non-hydrogen) atoms. The summed E-state index contributed by atoms with van der Waals surface area (Å²) in [6.07, 6.45) is 2.90. The first-order valence-electron chi connectivity index (χ1n) is 4.19. The van der Waals surface area contributed by atoms with Crippen LogP contribution < -0.4 is 5.32 Å².